The number of carbonyl (C=O) groups is 2. The van der Waals surface area contributed by atoms with E-state index in [1.54, 1.807) is 0 Å². The highest BCUT2D eigenvalue weighted by molar-refractivity contribution is 6.34. The predicted molar refractivity (Wildman–Crippen MR) is 98.8 cm³/mol. The molecule has 146 valence electrons. The number of carboxylic acid groups (broad SMARTS) is 1. The van der Waals surface area contributed by atoms with Gasteiger partial charge in [0.25, 0.3) is 11.7 Å². The Morgan fingerprint density at radius 2 is 1.93 bits per heavy atom. The van der Waals surface area contributed by atoms with Crippen molar-refractivity contribution in [1.82, 2.24) is 10.6 Å². The lowest BCUT2D eigenvalue weighted by Gasteiger charge is -2.37. The number of nitrogens with one attached hydrogen (secondary N) is 2. The molecular weight excluding hydrogens is 372 g/mol. The number of halogens is 1. The second-order valence-corrected chi connectivity index (χ2v) is 8.05. The summed E-state index contributed by atoms with van der Waals surface area (Å²) in [6, 6.07) is -0.0348. The summed E-state index contributed by atoms with van der Waals surface area (Å²) in [5.74, 6) is 0.180. The van der Waals surface area contributed by atoms with Gasteiger partial charge >= 0.3 is 6.09 Å². The Kier molecular flexibility index (Phi) is 4.37. The minimum Gasteiger partial charge on any atom is -0.465 e. The molecule has 0 saturated heterocycles. The van der Waals surface area contributed by atoms with Gasteiger partial charge in [-0.15, -0.1) is 0 Å². The number of hydrogen-bond donors (Lipinski definition) is 3. The van der Waals surface area contributed by atoms with E-state index >= 15 is 0 Å². The summed E-state index contributed by atoms with van der Waals surface area (Å²) in [5, 5.41) is 14.8. The zero-order chi connectivity index (χ0) is 19.3. The van der Waals surface area contributed by atoms with Gasteiger partial charge < -0.3 is 25.2 Å². The van der Waals surface area contributed by atoms with Crippen LogP contribution in [-0.4, -0.2) is 35.5 Å². The fourth-order valence-corrected chi connectivity index (χ4v) is 4.85. The number of benzene rings is 1. The van der Waals surface area contributed by atoms with E-state index in [4.69, 9.17) is 26.2 Å². The van der Waals surface area contributed by atoms with Crippen LogP contribution in [-0.2, 0) is 6.42 Å². The molecule has 8 heteroatoms. The SMILES string of the molecule is Cc1c2c(c(Cl)c3c1C(=O)NCC3)OC(C)([C@H]1CC[C@H](NC(=O)O)CC1)O2. The maximum Gasteiger partial charge on any atom is 0.404 e. The van der Waals surface area contributed by atoms with Crippen molar-refractivity contribution in [1.29, 1.82) is 0 Å². The predicted octanol–water partition coefficient (Wildman–Crippen LogP) is 3.25. The molecule has 2 aliphatic heterocycles. The number of carbonyl (C=O) groups excluding carboxylic acids is 1. The smallest absolute Gasteiger partial charge is 0.404 e. The van der Waals surface area contributed by atoms with E-state index in [1.165, 1.54) is 0 Å². The summed E-state index contributed by atoms with van der Waals surface area (Å²) in [4.78, 5) is 23.2. The maximum absolute atomic E-state index is 12.3. The molecule has 1 aromatic rings. The summed E-state index contributed by atoms with van der Waals surface area (Å²) in [6.07, 6.45) is 2.72. The van der Waals surface area contributed by atoms with E-state index < -0.39 is 11.9 Å². The Morgan fingerprint density at radius 1 is 1.26 bits per heavy atom. The maximum atomic E-state index is 12.3. The van der Waals surface area contributed by atoms with Crippen LogP contribution >= 0.6 is 11.6 Å². The summed E-state index contributed by atoms with van der Waals surface area (Å²) >= 11 is 6.60. The highest BCUT2D eigenvalue weighted by atomic mass is 35.5. The Bertz CT molecular complexity index is 819. The van der Waals surface area contributed by atoms with Crippen molar-refractivity contribution in [3.8, 4) is 11.5 Å². The zero-order valence-corrected chi connectivity index (χ0v) is 16.1. The van der Waals surface area contributed by atoms with Crippen molar-refractivity contribution in [2.75, 3.05) is 6.54 Å². The van der Waals surface area contributed by atoms with Crippen molar-refractivity contribution < 1.29 is 24.2 Å². The largest absolute Gasteiger partial charge is 0.465 e. The van der Waals surface area contributed by atoms with Crippen LogP contribution in [0, 0.1) is 12.8 Å². The van der Waals surface area contributed by atoms with Crippen LogP contribution in [0.3, 0.4) is 0 Å². The highest BCUT2D eigenvalue weighted by Gasteiger charge is 2.48. The van der Waals surface area contributed by atoms with Gasteiger partial charge in [0.05, 0.1) is 10.6 Å². The first kappa shape index (κ1) is 18.2. The third kappa shape index (κ3) is 2.98. The molecule has 1 atom stereocenters. The monoisotopic (exact) mass is 394 g/mol. The standard InChI is InChI=1S/C19H23ClN2O5/c1-9-13-12(7-8-21-17(13)23)14(20)16-15(9)26-19(2,27-16)10-3-5-11(6-4-10)22-18(24)25/h10-11,22H,3-8H2,1-2H3,(H,21,23)(H,24,25)/t10-,11-,19?. The molecule has 3 N–H and O–H groups in total. The molecule has 27 heavy (non-hydrogen) atoms. The average Bonchev–Trinajstić information content (AvgIpc) is 2.99. The molecular formula is C19H23ClN2O5. The first-order chi connectivity index (χ1) is 12.8. The second kappa shape index (κ2) is 6.48. The zero-order valence-electron chi connectivity index (χ0n) is 15.4. The Balaban J connectivity index is 1.59. The van der Waals surface area contributed by atoms with Crippen LogP contribution in [0.25, 0.3) is 0 Å². The van der Waals surface area contributed by atoms with Crippen LogP contribution in [0.2, 0.25) is 5.02 Å². The van der Waals surface area contributed by atoms with Gasteiger partial charge in [0.15, 0.2) is 11.5 Å². The summed E-state index contributed by atoms with van der Waals surface area (Å²) in [6.45, 7) is 4.32. The lowest BCUT2D eigenvalue weighted by Crippen LogP contribution is -2.47. The van der Waals surface area contributed by atoms with Gasteiger partial charge in [-0.25, -0.2) is 4.79 Å². The molecule has 7 nitrogen and oxygen atoms in total. The number of amides is 2. The van der Waals surface area contributed by atoms with Gasteiger partial charge in [-0.1, -0.05) is 11.6 Å². The number of fused-ring (bicyclic) bond motifs is 2. The van der Waals surface area contributed by atoms with Gasteiger partial charge in [-0.05, 0) is 44.6 Å². The molecule has 2 heterocycles. The van der Waals surface area contributed by atoms with Crippen molar-refractivity contribution in [3.05, 3.63) is 21.7 Å². The van der Waals surface area contributed by atoms with Gasteiger partial charge in [-0.2, -0.15) is 0 Å². The minimum atomic E-state index is -0.989. The van der Waals surface area contributed by atoms with E-state index in [0.29, 0.717) is 35.1 Å². The molecule has 1 aliphatic carbocycles. The third-order valence-corrected chi connectivity index (χ3v) is 6.38. The van der Waals surface area contributed by atoms with Gasteiger partial charge in [0, 0.05) is 31.0 Å². The third-order valence-electron chi connectivity index (χ3n) is 5.98. The van der Waals surface area contributed by atoms with E-state index in [2.05, 4.69) is 10.6 Å². The van der Waals surface area contributed by atoms with Crippen LogP contribution in [0.15, 0.2) is 0 Å². The quantitative estimate of drug-likeness (QED) is 0.715. The van der Waals surface area contributed by atoms with Gasteiger partial charge in [0.2, 0.25) is 0 Å². The Labute approximate surface area is 162 Å². The molecule has 1 saturated carbocycles. The lowest BCUT2D eigenvalue weighted by molar-refractivity contribution is -0.121. The highest BCUT2D eigenvalue weighted by Crippen LogP contribution is 2.53. The minimum absolute atomic E-state index is 0.0348. The van der Waals surface area contributed by atoms with Gasteiger partial charge in [-0.3, -0.25) is 4.79 Å². The van der Waals surface area contributed by atoms with Crippen molar-refractivity contribution in [3.63, 3.8) is 0 Å². The number of rotatable bonds is 2. The molecule has 1 fully saturated rings. The molecule has 3 aliphatic rings. The molecule has 0 radical (unpaired) electrons. The van der Waals surface area contributed by atoms with Crippen LogP contribution in [0.5, 0.6) is 11.5 Å². The molecule has 0 aromatic heterocycles. The summed E-state index contributed by atoms with van der Waals surface area (Å²) in [7, 11) is 0. The molecule has 1 aromatic carbocycles. The number of hydrogen-bond acceptors (Lipinski definition) is 4. The normalized spacial score (nSPS) is 29.1. The fraction of sp³-hybridized carbons (Fsp3) is 0.579. The van der Waals surface area contributed by atoms with E-state index in [9.17, 15) is 9.59 Å². The first-order valence-electron chi connectivity index (χ1n) is 9.30. The molecule has 4 rings (SSSR count). The first-order valence-corrected chi connectivity index (χ1v) is 9.68. The lowest BCUT2D eigenvalue weighted by atomic mass is 9.81. The molecule has 0 bridgehead atoms. The van der Waals surface area contributed by atoms with E-state index in [0.717, 1.165) is 36.8 Å². The fourth-order valence-electron chi connectivity index (χ4n) is 4.53. The van der Waals surface area contributed by atoms with Crippen LogP contribution in [0.1, 0.15) is 54.1 Å². The Hall–Kier alpha value is -2.15. The van der Waals surface area contributed by atoms with Gasteiger partial charge in [0.1, 0.15) is 0 Å². The van der Waals surface area contributed by atoms with E-state index in [1.807, 2.05) is 13.8 Å². The molecule has 1 unspecified atom stereocenters. The van der Waals surface area contributed by atoms with E-state index in [-0.39, 0.29) is 17.9 Å². The topological polar surface area (TPSA) is 96.9 Å². The van der Waals surface area contributed by atoms with Crippen molar-refractivity contribution in [2.24, 2.45) is 5.92 Å². The van der Waals surface area contributed by atoms with Crippen LogP contribution in [0.4, 0.5) is 4.79 Å². The van der Waals surface area contributed by atoms with Crippen molar-refractivity contribution >= 4 is 23.6 Å². The van der Waals surface area contributed by atoms with Crippen molar-refractivity contribution in [2.45, 2.75) is 57.8 Å². The summed E-state index contributed by atoms with van der Waals surface area (Å²) in [5.41, 5.74) is 2.16. The average molecular weight is 395 g/mol. The molecule has 0 spiro atoms. The molecule has 2 amide bonds. The second-order valence-electron chi connectivity index (χ2n) is 7.67. The van der Waals surface area contributed by atoms with Crippen LogP contribution < -0.4 is 20.1 Å². The number of ether oxygens (including phenoxy) is 2. The Morgan fingerprint density at radius 3 is 2.59 bits per heavy atom. The summed E-state index contributed by atoms with van der Waals surface area (Å²) < 4.78 is 12.5.